The first-order valence-electron chi connectivity index (χ1n) is 6.91. The van der Waals surface area contributed by atoms with E-state index in [0.29, 0.717) is 0 Å². The summed E-state index contributed by atoms with van der Waals surface area (Å²) in [5, 5.41) is 91.8. The van der Waals surface area contributed by atoms with Crippen molar-refractivity contribution in [3.8, 4) is 0 Å². The number of hydrogen-bond donors (Lipinski definition) is 10. The van der Waals surface area contributed by atoms with Gasteiger partial charge in [-0.15, -0.1) is 0 Å². The van der Waals surface area contributed by atoms with Crippen molar-refractivity contribution in [2.24, 2.45) is 0 Å². The van der Waals surface area contributed by atoms with Gasteiger partial charge in [0.15, 0.2) is 6.10 Å². The van der Waals surface area contributed by atoms with E-state index in [4.69, 9.17) is 25.5 Å². The summed E-state index contributed by atoms with van der Waals surface area (Å²) in [6, 6.07) is 0. The summed E-state index contributed by atoms with van der Waals surface area (Å²) in [5.74, 6) is -3.85. The molecule has 0 rings (SSSR count). The van der Waals surface area contributed by atoms with Crippen LogP contribution < -0.4 is 0 Å². The predicted molar refractivity (Wildman–Crippen MR) is 73.7 cm³/mol. The van der Waals surface area contributed by atoms with E-state index in [1.807, 2.05) is 0 Å². The topological polar surface area (TPSA) is 246 Å². The SMILES string of the molecule is O=C(O[C@@H](C(=O)O)[C@H](O)[C@@H](O)[C@H](O)CO)[C@H](O)[C@@H](O)[C@H](O)[C@H](O)CO. The molecule has 0 heterocycles. The molecule has 0 aliphatic heterocycles. The molecular weight excluding hydrogens is 352 g/mol. The van der Waals surface area contributed by atoms with Crippen molar-refractivity contribution >= 4 is 11.9 Å². The second kappa shape index (κ2) is 10.5. The monoisotopic (exact) mass is 374 g/mol. The summed E-state index contributed by atoms with van der Waals surface area (Å²) >= 11 is 0. The van der Waals surface area contributed by atoms with Gasteiger partial charge in [0.2, 0.25) is 6.10 Å². The second-order valence-electron chi connectivity index (χ2n) is 5.10. The molecule has 0 saturated carbocycles. The molecule has 13 heteroatoms. The number of aliphatic carboxylic acids is 1. The van der Waals surface area contributed by atoms with Gasteiger partial charge in [-0.3, -0.25) is 0 Å². The summed E-state index contributed by atoms with van der Waals surface area (Å²) in [5.41, 5.74) is 0. The first-order valence-corrected chi connectivity index (χ1v) is 6.91. The number of carboxylic acid groups (broad SMARTS) is 1. The Kier molecular flexibility index (Phi) is 9.95. The van der Waals surface area contributed by atoms with E-state index in [0.717, 1.165) is 0 Å². The van der Waals surface area contributed by atoms with E-state index in [-0.39, 0.29) is 0 Å². The number of carbonyl (C=O) groups excluding carboxylic acids is 1. The van der Waals surface area contributed by atoms with Crippen LogP contribution in [-0.4, -0.2) is 125 Å². The molecule has 0 spiro atoms. The standard InChI is InChI=1S/C12H22O13/c13-1-3(15)5(17)7(19)9(21)12(24)25-10(11(22)23)8(20)6(18)4(16)2-14/h3-10,13-21H,1-2H2,(H,22,23)/t3-,4-,5-,6+,7+,8-,9-,10-/m1/s1. The highest BCUT2D eigenvalue weighted by Gasteiger charge is 2.42. The van der Waals surface area contributed by atoms with Crippen LogP contribution in [0.25, 0.3) is 0 Å². The van der Waals surface area contributed by atoms with Crippen molar-refractivity contribution in [2.45, 2.75) is 48.8 Å². The summed E-state index contributed by atoms with van der Waals surface area (Å²) < 4.78 is 4.23. The van der Waals surface area contributed by atoms with Gasteiger partial charge >= 0.3 is 11.9 Å². The molecule has 0 aliphatic carbocycles. The smallest absolute Gasteiger partial charge is 0.347 e. The van der Waals surface area contributed by atoms with Crippen LogP contribution in [0.4, 0.5) is 0 Å². The number of aliphatic hydroxyl groups excluding tert-OH is 9. The molecule has 0 aliphatic rings. The maximum atomic E-state index is 11.6. The fourth-order valence-electron chi connectivity index (χ4n) is 1.64. The average molecular weight is 374 g/mol. The van der Waals surface area contributed by atoms with Crippen LogP contribution in [-0.2, 0) is 14.3 Å². The molecular formula is C12H22O13. The van der Waals surface area contributed by atoms with Crippen molar-refractivity contribution in [1.29, 1.82) is 0 Å². The molecule has 0 radical (unpaired) electrons. The third kappa shape index (κ3) is 6.43. The summed E-state index contributed by atoms with van der Waals surface area (Å²) in [6.45, 7) is -2.08. The lowest BCUT2D eigenvalue weighted by molar-refractivity contribution is -0.195. The molecule has 0 aromatic rings. The molecule has 0 amide bonds. The van der Waals surface area contributed by atoms with E-state index in [2.05, 4.69) is 4.74 Å². The van der Waals surface area contributed by atoms with Crippen molar-refractivity contribution in [3.63, 3.8) is 0 Å². The maximum Gasteiger partial charge on any atom is 0.347 e. The number of hydrogen-bond acceptors (Lipinski definition) is 12. The Morgan fingerprint density at radius 1 is 0.720 bits per heavy atom. The Morgan fingerprint density at radius 3 is 1.48 bits per heavy atom. The Labute approximate surface area is 140 Å². The number of ether oxygens (including phenoxy) is 1. The quantitative estimate of drug-likeness (QED) is 0.151. The van der Waals surface area contributed by atoms with Crippen molar-refractivity contribution < 1.29 is 65.4 Å². The molecule has 0 aromatic carbocycles. The van der Waals surface area contributed by atoms with Crippen molar-refractivity contribution in [1.82, 2.24) is 0 Å². The van der Waals surface area contributed by atoms with E-state index < -0.39 is 74.0 Å². The van der Waals surface area contributed by atoms with Crippen LogP contribution in [0.15, 0.2) is 0 Å². The fraction of sp³-hybridized carbons (Fsp3) is 0.833. The molecule has 25 heavy (non-hydrogen) atoms. The van der Waals surface area contributed by atoms with Crippen LogP contribution in [0.5, 0.6) is 0 Å². The third-order valence-corrected chi connectivity index (χ3v) is 3.22. The van der Waals surface area contributed by atoms with Gasteiger partial charge < -0.3 is 55.8 Å². The van der Waals surface area contributed by atoms with E-state index >= 15 is 0 Å². The Morgan fingerprint density at radius 2 is 1.12 bits per heavy atom. The van der Waals surface area contributed by atoms with Crippen LogP contribution in [0, 0.1) is 0 Å². The highest BCUT2D eigenvalue weighted by atomic mass is 16.6. The first kappa shape index (κ1) is 23.6. The van der Waals surface area contributed by atoms with E-state index in [9.17, 15) is 35.1 Å². The number of aliphatic hydroxyl groups is 9. The molecule has 0 aromatic heterocycles. The highest BCUT2D eigenvalue weighted by molar-refractivity contribution is 5.81. The summed E-state index contributed by atoms with van der Waals surface area (Å²) in [4.78, 5) is 22.6. The normalized spacial score (nSPS) is 21.3. The predicted octanol–water partition coefficient (Wildman–Crippen LogP) is -6.51. The minimum atomic E-state index is -2.58. The minimum Gasteiger partial charge on any atom is -0.478 e. The lowest BCUT2D eigenvalue weighted by atomic mass is 10.0. The zero-order chi connectivity index (χ0) is 19.9. The number of esters is 1. The second-order valence-corrected chi connectivity index (χ2v) is 5.10. The first-order chi connectivity index (χ1) is 11.5. The third-order valence-electron chi connectivity index (χ3n) is 3.22. The Hall–Kier alpha value is -1.42. The number of rotatable bonds is 11. The molecule has 0 saturated heterocycles. The largest absolute Gasteiger partial charge is 0.478 e. The molecule has 148 valence electrons. The van der Waals surface area contributed by atoms with Crippen molar-refractivity contribution in [3.05, 3.63) is 0 Å². The van der Waals surface area contributed by atoms with Gasteiger partial charge in [-0.25, -0.2) is 9.59 Å². The van der Waals surface area contributed by atoms with Crippen LogP contribution in [0.3, 0.4) is 0 Å². The maximum absolute atomic E-state index is 11.6. The minimum absolute atomic E-state index is 1.03. The van der Waals surface area contributed by atoms with Gasteiger partial charge in [0.05, 0.1) is 13.2 Å². The lowest BCUT2D eigenvalue weighted by Crippen LogP contribution is -2.53. The molecule has 0 fully saturated rings. The molecule has 0 bridgehead atoms. The van der Waals surface area contributed by atoms with Crippen LogP contribution in [0.1, 0.15) is 0 Å². The summed E-state index contributed by atoms with van der Waals surface area (Å²) in [7, 11) is 0. The van der Waals surface area contributed by atoms with E-state index in [1.165, 1.54) is 0 Å². The van der Waals surface area contributed by atoms with Gasteiger partial charge in [0.25, 0.3) is 0 Å². The van der Waals surface area contributed by atoms with Gasteiger partial charge in [-0.05, 0) is 0 Å². The Balaban J connectivity index is 5.08. The van der Waals surface area contributed by atoms with Gasteiger partial charge in [0.1, 0.15) is 36.6 Å². The lowest BCUT2D eigenvalue weighted by Gasteiger charge is -2.28. The highest BCUT2D eigenvalue weighted by Crippen LogP contribution is 2.13. The number of carbonyl (C=O) groups is 2. The fourth-order valence-corrected chi connectivity index (χ4v) is 1.64. The van der Waals surface area contributed by atoms with Crippen LogP contribution >= 0.6 is 0 Å². The Bertz CT molecular complexity index is 429. The zero-order valence-corrected chi connectivity index (χ0v) is 12.7. The molecule has 8 atom stereocenters. The van der Waals surface area contributed by atoms with Gasteiger partial charge in [0, 0.05) is 0 Å². The molecule has 13 nitrogen and oxygen atoms in total. The summed E-state index contributed by atoms with van der Waals surface area (Å²) in [6.07, 6.45) is -18.2. The van der Waals surface area contributed by atoms with Gasteiger partial charge in [-0.2, -0.15) is 0 Å². The van der Waals surface area contributed by atoms with Crippen LogP contribution in [0.2, 0.25) is 0 Å². The van der Waals surface area contributed by atoms with E-state index in [1.54, 1.807) is 0 Å². The molecule has 0 unspecified atom stereocenters. The zero-order valence-electron chi connectivity index (χ0n) is 12.7. The average Bonchev–Trinajstić information content (AvgIpc) is 2.60. The number of carboxylic acids is 1. The molecule has 10 N–H and O–H groups in total. The van der Waals surface area contributed by atoms with Crippen molar-refractivity contribution in [2.75, 3.05) is 13.2 Å². The van der Waals surface area contributed by atoms with Gasteiger partial charge in [-0.1, -0.05) is 0 Å².